The Morgan fingerprint density at radius 2 is 2.10 bits per heavy atom. The molecule has 2 atom stereocenters. The number of carboxylic acids is 1. The number of nitrogens with zero attached hydrogens (tertiary/aromatic N) is 1. The van der Waals surface area contributed by atoms with Crippen LogP contribution in [0.1, 0.15) is 13.3 Å². The predicted octanol–water partition coefficient (Wildman–Crippen LogP) is 1.71. The topological polar surface area (TPSA) is 78.9 Å². The second kappa shape index (κ2) is 7.08. The molecule has 21 heavy (non-hydrogen) atoms. The number of ether oxygens (including phenoxy) is 1. The summed E-state index contributed by atoms with van der Waals surface area (Å²) >= 11 is 0. The van der Waals surface area contributed by atoms with Crippen LogP contribution >= 0.6 is 0 Å². The lowest BCUT2D eigenvalue weighted by molar-refractivity contribution is -0.135. The molecule has 6 heteroatoms. The fourth-order valence-corrected chi connectivity index (χ4v) is 2.38. The van der Waals surface area contributed by atoms with Crippen LogP contribution in [0.5, 0.6) is 0 Å². The van der Waals surface area contributed by atoms with E-state index in [9.17, 15) is 9.59 Å². The first-order valence-corrected chi connectivity index (χ1v) is 7.01. The number of carbonyl (C=O) groups is 2. The zero-order valence-corrected chi connectivity index (χ0v) is 12.0. The molecule has 1 saturated heterocycles. The number of benzene rings is 1. The fraction of sp³-hybridized carbons (Fsp3) is 0.467. The minimum Gasteiger partial charge on any atom is -0.480 e. The number of carbonyl (C=O) groups excluding carboxylic acids is 1. The second-order valence-electron chi connectivity index (χ2n) is 5.13. The first-order valence-electron chi connectivity index (χ1n) is 7.01. The number of rotatable bonds is 5. The molecule has 0 aliphatic carbocycles. The molecule has 2 rings (SSSR count). The van der Waals surface area contributed by atoms with E-state index in [1.807, 2.05) is 13.0 Å². The molecule has 2 N–H and O–H groups in total. The summed E-state index contributed by atoms with van der Waals surface area (Å²) in [5.74, 6) is -0.775. The summed E-state index contributed by atoms with van der Waals surface area (Å²) in [4.78, 5) is 24.4. The minimum atomic E-state index is -1.05. The molecule has 0 spiro atoms. The van der Waals surface area contributed by atoms with Gasteiger partial charge in [-0.05, 0) is 25.5 Å². The molecule has 1 aliphatic heterocycles. The van der Waals surface area contributed by atoms with Crippen LogP contribution in [-0.4, -0.2) is 42.9 Å². The second-order valence-corrected chi connectivity index (χ2v) is 5.13. The molecule has 6 nitrogen and oxygen atoms in total. The van der Waals surface area contributed by atoms with Gasteiger partial charge in [0.25, 0.3) is 0 Å². The maximum Gasteiger partial charge on any atom is 0.323 e. The third kappa shape index (κ3) is 4.19. The minimum absolute atomic E-state index is 0.120. The van der Waals surface area contributed by atoms with Crippen LogP contribution in [0.3, 0.4) is 0 Å². The molecule has 2 amide bonds. The lowest BCUT2D eigenvalue weighted by Crippen LogP contribution is -2.45. The van der Waals surface area contributed by atoms with Crippen LogP contribution in [0.15, 0.2) is 30.3 Å². The average molecular weight is 292 g/mol. The maximum absolute atomic E-state index is 12.3. The predicted molar refractivity (Wildman–Crippen MR) is 78.3 cm³/mol. The Bertz CT molecular complexity index is 492. The molecule has 1 heterocycles. The van der Waals surface area contributed by atoms with E-state index in [0.717, 1.165) is 6.42 Å². The van der Waals surface area contributed by atoms with Crippen molar-refractivity contribution in [3.63, 3.8) is 0 Å². The van der Waals surface area contributed by atoms with E-state index in [4.69, 9.17) is 9.84 Å². The quantitative estimate of drug-likeness (QED) is 0.866. The van der Waals surface area contributed by atoms with Crippen LogP contribution in [-0.2, 0) is 9.53 Å². The summed E-state index contributed by atoms with van der Waals surface area (Å²) in [5, 5.41) is 11.8. The Hall–Kier alpha value is -2.08. The summed E-state index contributed by atoms with van der Waals surface area (Å²) in [6.45, 7) is 2.81. The van der Waals surface area contributed by atoms with E-state index in [2.05, 4.69) is 5.32 Å². The van der Waals surface area contributed by atoms with E-state index < -0.39 is 12.0 Å². The molecule has 0 bridgehead atoms. The van der Waals surface area contributed by atoms with Gasteiger partial charge in [0, 0.05) is 24.8 Å². The van der Waals surface area contributed by atoms with Gasteiger partial charge in [-0.25, -0.2) is 4.79 Å². The van der Waals surface area contributed by atoms with Crippen LogP contribution in [0, 0.1) is 5.92 Å². The number of urea groups is 1. The van der Waals surface area contributed by atoms with Crippen molar-refractivity contribution < 1.29 is 19.4 Å². The Kier molecular flexibility index (Phi) is 5.16. The third-order valence-electron chi connectivity index (χ3n) is 3.66. The molecular formula is C15H20N2O4. The van der Waals surface area contributed by atoms with Gasteiger partial charge in [0.15, 0.2) is 0 Å². The zero-order valence-electron chi connectivity index (χ0n) is 12.0. The summed E-state index contributed by atoms with van der Waals surface area (Å²) < 4.78 is 5.45. The highest BCUT2D eigenvalue weighted by molar-refractivity contribution is 5.96. The normalized spacial score (nSPS) is 21.0. The summed E-state index contributed by atoms with van der Waals surface area (Å²) in [5.41, 5.74) is 0.563. The lowest BCUT2D eigenvalue weighted by Gasteiger charge is -2.23. The van der Waals surface area contributed by atoms with Gasteiger partial charge >= 0.3 is 12.0 Å². The summed E-state index contributed by atoms with van der Waals surface area (Å²) in [6, 6.07) is 8.38. The highest BCUT2D eigenvalue weighted by Gasteiger charge is 2.26. The molecule has 2 unspecified atom stereocenters. The van der Waals surface area contributed by atoms with Crippen LogP contribution in [0.25, 0.3) is 0 Å². The van der Waals surface area contributed by atoms with Gasteiger partial charge in [-0.15, -0.1) is 0 Å². The van der Waals surface area contributed by atoms with Crippen molar-refractivity contribution in [2.24, 2.45) is 5.92 Å². The van der Waals surface area contributed by atoms with Gasteiger partial charge in [0.1, 0.15) is 6.54 Å². The Morgan fingerprint density at radius 3 is 2.67 bits per heavy atom. The maximum atomic E-state index is 12.3. The Balaban J connectivity index is 1.99. The molecule has 1 aromatic carbocycles. The highest BCUT2D eigenvalue weighted by atomic mass is 16.5. The highest BCUT2D eigenvalue weighted by Crippen LogP contribution is 2.19. The molecule has 1 fully saturated rings. The number of hydrogen-bond acceptors (Lipinski definition) is 3. The van der Waals surface area contributed by atoms with Gasteiger partial charge in [-0.2, -0.15) is 0 Å². The molecule has 0 radical (unpaired) electrons. The van der Waals surface area contributed by atoms with Gasteiger partial charge in [-0.1, -0.05) is 18.2 Å². The standard InChI is InChI=1S/C15H20N2O4/c1-11-12(7-8-21-11)9-16-15(20)17(10-14(18)19)13-5-3-2-4-6-13/h2-6,11-12H,7-10H2,1H3,(H,16,20)(H,18,19). The van der Waals surface area contributed by atoms with Crippen LogP contribution < -0.4 is 10.2 Å². The largest absolute Gasteiger partial charge is 0.480 e. The molecule has 0 saturated carbocycles. The Labute approximate surface area is 123 Å². The van der Waals surface area contributed by atoms with Gasteiger partial charge in [0.05, 0.1) is 6.10 Å². The van der Waals surface area contributed by atoms with Gasteiger partial charge < -0.3 is 15.2 Å². The lowest BCUT2D eigenvalue weighted by atomic mass is 10.0. The molecule has 0 aromatic heterocycles. The van der Waals surface area contributed by atoms with E-state index in [0.29, 0.717) is 18.8 Å². The monoisotopic (exact) mass is 292 g/mol. The van der Waals surface area contributed by atoms with Crippen molar-refractivity contribution in [2.45, 2.75) is 19.4 Å². The molecule has 1 aromatic rings. The number of para-hydroxylation sites is 1. The third-order valence-corrected chi connectivity index (χ3v) is 3.66. The van der Waals surface area contributed by atoms with Crippen molar-refractivity contribution in [3.05, 3.63) is 30.3 Å². The van der Waals surface area contributed by atoms with Gasteiger partial charge in [-0.3, -0.25) is 9.69 Å². The number of aliphatic carboxylic acids is 1. The van der Waals surface area contributed by atoms with Crippen molar-refractivity contribution >= 4 is 17.7 Å². The van der Waals surface area contributed by atoms with E-state index >= 15 is 0 Å². The Morgan fingerprint density at radius 1 is 1.38 bits per heavy atom. The van der Waals surface area contributed by atoms with Crippen molar-refractivity contribution in [1.82, 2.24) is 5.32 Å². The number of hydrogen-bond donors (Lipinski definition) is 2. The smallest absolute Gasteiger partial charge is 0.323 e. The molecule has 1 aliphatic rings. The fourth-order valence-electron chi connectivity index (χ4n) is 2.38. The first kappa shape index (κ1) is 15.3. The summed E-state index contributed by atoms with van der Waals surface area (Å²) in [6.07, 6.45) is 1.03. The SMILES string of the molecule is CC1OCCC1CNC(=O)N(CC(=O)O)c1ccccc1. The number of carboxylic acid groups (broad SMARTS) is 1. The van der Waals surface area contributed by atoms with E-state index in [1.165, 1.54) is 4.90 Å². The van der Waals surface area contributed by atoms with E-state index in [1.54, 1.807) is 24.3 Å². The number of amides is 2. The zero-order chi connectivity index (χ0) is 15.2. The van der Waals surface area contributed by atoms with Gasteiger partial charge in [0.2, 0.25) is 0 Å². The van der Waals surface area contributed by atoms with Crippen molar-refractivity contribution in [1.29, 1.82) is 0 Å². The molecule has 114 valence electrons. The van der Waals surface area contributed by atoms with Crippen molar-refractivity contribution in [2.75, 3.05) is 24.6 Å². The van der Waals surface area contributed by atoms with E-state index in [-0.39, 0.29) is 18.6 Å². The number of nitrogens with one attached hydrogen (secondary N) is 1. The first-order chi connectivity index (χ1) is 10.1. The average Bonchev–Trinajstić information content (AvgIpc) is 2.88. The van der Waals surface area contributed by atoms with Crippen molar-refractivity contribution in [3.8, 4) is 0 Å². The molecular weight excluding hydrogens is 272 g/mol. The number of anilines is 1. The van der Waals surface area contributed by atoms with Crippen LogP contribution in [0.2, 0.25) is 0 Å². The summed E-state index contributed by atoms with van der Waals surface area (Å²) in [7, 11) is 0. The van der Waals surface area contributed by atoms with Crippen LogP contribution in [0.4, 0.5) is 10.5 Å².